The predicted molar refractivity (Wildman–Crippen MR) is 171 cm³/mol. The van der Waals surface area contributed by atoms with Crippen molar-refractivity contribution in [3.63, 3.8) is 0 Å². The molecule has 2 amide bonds. The summed E-state index contributed by atoms with van der Waals surface area (Å²) >= 11 is 5.94. The number of sulfonamides is 1. The highest BCUT2D eigenvalue weighted by atomic mass is 35.5. The van der Waals surface area contributed by atoms with Gasteiger partial charge in [-0.15, -0.1) is 0 Å². The molecule has 0 saturated heterocycles. The molecule has 0 fully saturated rings. The Bertz CT molecular complexity index is 1650. The summed E-state index contributed by atoms with van der Waals surface area (Å²) in [5, 5.41) is 7.28. The van der Waals surface area contributed by atoms with Crippen molar-refractivity contribution in [1.29, 1.82) is 0 Å². The van der Waals surface area contributed by atoms with Crippen LogP contribution >= 0.6 is 11.6 Å². The number of hydrazone groups is 1. The topological polar surface area (TPSA) is 117 Å². The van der Waals surface area contributed by atoms with Gasteiger partial charge in [-0.1, -0.05) is 72.3 Å². The van der Waals surface area contributed by atoms with Crippen LogP contribution < -0.4 is 15.5 Å². The van der Waals surface area contributed by atoms with E-state index in [1.165, 1.54) is 30.5 Å². The number of benzene rings is 4. The lowest BCUT2D eigenvalue weighted by atomic mass is 10.1. The van der Waals surface area contributed by atoms with E-state index in [1.54, 1.807) is 24.3 Å². The third-order valence-electron chi connectivity index (χ3n) is 6.59. The van der Waals surface area contributed by atoms with Crippen LogP contribution in [0.5, 0.6) is 5.75 Å². The zero-order chi connectivity index (χ0) is 31.4. The lowest BCUT2D eigenvalue weighted by Gasteiger charge is -2.21. The standard InChI is InChI=1S/C33H33ClN4O5S/c1-25(28-10-6-3-7-11-28)36-33(40)24-43-30-16-12-27(13-17-30)22-35-37-32(39)23-38(21-20-26-8-4-2-5-9-26)44(41,42)31-18-14-29(34)15-19-31/h2-19,22,25H,20-21,23-24H2,1H3,(H,36,40)(H,37,39)/b35-22-/t25-/m1/s1. The summed E-state index contributed by atoms with van der Waals surface area (Å²) in [4.78, 5) is 25.1. The van der Waals surface area contributed by atoms with Crippen LogP contribution in [-0.4, -0.2) is 50.4 Å². The van der Waals surface area contributed by atoms with Crippen LogP contribution in [0.25, 0.3) is 0 Å². The first-order valence-corrected chi connectivity index (χ1v) is 15.7. The number of nitrogens with zero attached hydrogens (tertiary/aromatic N) is 2. The molecule has 9 nitrogen and oxygen atoms in total. The Morgan fingerprint density at radius 3 is 2.18 bits per heavy atom. The normalized spacial score (nSPS) is 12.2. The first-order chi connectivity index (χ1) is 21.2. The van der Waals surface area contributed by atoms with Gasteiger partial charge in [0.15, 0.2) is 6.61 Å². The van der Waals surface area contributed by atoms with Crippen LogP contribution in [-0.2, 0) is 26.0 Å². The third-order valence-corrected chi connectivity index (χ3v) is 8.71. The molecule has 4 rings (SSSR count). The van der Waals surface area contributed by atoms with E-state index in [-0.39, 0.29) is 30.0 Å². The smallest absolute Gasteiger partial charge is 0.258 e. The van der Waals surface area contributed by atoms with Crippen molar-refractivity contribution in [2.45, 2.75) is 24.3 Å². The summed E-state index contributed by atoms with van der Waals surface area (Å²) in [5.74, 6) is -0.344. The van der Waals surface area contributed by atoms with Crippen molar-refractivity contribution in [2.24, 2.45) is 5.10 Å². The molecule has 0 aliphatic heterocycles. The van der Waals surface area contributed by atoms with Gasteiger partial charge in [-0.3, -0.25) is 9.59 Å². The third kappa shape index (κ3) is 9.77. The average Bonchev–Trinajstić information content (AvgIpc) is 3.03. The van der Waals surface area contributed by atoms with E-state index in [2.05, 4.69) is 15.8 Å². The molecule has 228 valence electrons. The average molecular weight is 633 g/mol. The van der Waals surface area contributed by atoms with E-state index in [1.807, 2.05) is 67.6 Å². The van der Waals surface area contributed by atoms with Crippen molar-refractivity contribution >= 4 is 39.7 Å². The molecule has 1 atom stereocenters. The minimum Gasteiger partial charge on any atom is -0.484 e. The number of hydrogen-bond donors (Lipinski definition) is 2. The summed E-state index contributed by atoms with van der Waals surface area (Å²) < 4.78 is 33.4. The minimum atomic E-state index is -3.98. The maximum absolute atomic E-state index is 13.4. The Balaban J connectivity index is 1.30. The second-order valence-corrected chi connectivity index (χ2v) is 12.3. The molecular formula is C33H33ClN4O5S. The quantitative estimate of drug-likeness (QED) is 0.150. The zero-order valence-corrected chi connectivity index (χ0v) is 25.7. The molecule has 44 heavy (non-hydrogen) atoms. The molecule has 11 heteroatoms. The van der Waals surface area contributed by atoms with Crippen LogP contribution in [0.15, 0.2) is 119 Å². The van der Waals surface area contributed by atoms with Gasteiger partial charge in [0.25, 0.3) is 11.8 Å². The van der Waals surface area contributed by atoms with E-state index >= 15 is 0 Å². The highest BCUT2D eigenvalue weighted by Gasteiger charge is 2.26. The summed E-state index contributed by atoms with van der Waals surface area (Å²) in [5.41, 5.74) is 5.00. The van der Waals surface area contributed by atoms with E-state index in [4.69, 9.17) is 16.3 Å². The van der Waals surface area contributed by atoms with Crippen LogP contribution in [0.1, 0.15) is 29.7 Å². The van der Waals surface area contributed by atoms with Crippen LogP contribution in [0, 0.1) is 0 Å². The van der Waals surface area contributed by atoms with Crippen molar-refractivity contribution in [3.05, 3.63) is 131 Å². The Hall–Kier alpha value is -4.51. The summed E-state index contributed by atoms with van der Waals surface area (Å²) in [7, 11) is -3.98. The molecule has 0 bridgehead atoms. The highest BCUT2D eigenvalue weighted by molar-refractivity contribution is 7.89. The summed E-state index contributed by atoms with van der Waals surface area (Å²) in [6.45, 7) is 1.44. The fraction of sp³-hybridized carbons (Fsp3) is 0.182. The van der Waals surface area contributed by atoms with Gasteiger partial charge >= 0.3 is 0 Å². The maximum Gasteiger partial charge on any atom is 0.258 e. The SMILES string of the molecule is C[C@@H](NC(=O)COc1ccc(/C=N\NC(=O)CN(CCc2ccccc2)S(=O)(=O)c2ccc(Cl)cc2)cc1)c1ccccc1. The fourth-order valence-electron chi connectivity index (χ4n) is 4.22. The van der Waals surface area contributed by atoms with Gasteiger partial charge in [-0.05, 0) is 78.6 Å². The van der Waals surface area contributed by atoms with Crippen molar-refractivity contribution < 1.29 is 22.7 Å². The number of rotatable bonds is 14. The van der Waals surface area contributed by atoms with Crippen LogP contribution in [0.2, 0.25) is 5.02 Å². The number of amides is 2. The van der Waals surface area contributed by atoms with Gasteiger partial charge in [0, 0.05) is 11.6 Å². The Morgan fingerprint density at radius 1 is 0.886 bits per heavy atom. The number of carbonyl (C=O) groups excluding carboxylic acids is 2. The maximum atomic E-state index is 13.4. The monoisotopic (exact) mass is 632 g/mol. The Kier molecular flexibility index (Phi) is 11.6. The first-order valence-electron chi connectivity index (χ1n) is 13.9. The lowest BCUT2D eigenvalue weighted by Crippen LogP contribution is -2.40. The predicted octanol–water partition coefficient (Wildman–Crippen LogP) is 4.98. The van der Waals surface area contributed by atoms with Crippen LogP contribution in [0.3, 0.4) is 0 Å². The van der Waals surface area contributed by atoms with E-state index in [0.717, 1.165) is 15.4 Å². The molecule has 0 radical (unpaired) electrons. The number of nitrogens with one attached hydrogen (secondary N) is 2. The molecule has 0 saturated carbocycles. The minimum absolute atomic E-state index is 0.0387. The van der Waals surface area contributed by atoms with Gasteiger partial charge in [-0.2, -0.15) is 9.41 Å². The number of ether oxygens (including phenoxy) is 1. The van der Waals surface area contributed by atoms with Crippen LogP contribution in [0.4, 0.5) is 0 Å². The highest BCUT2D eigenvalue weighted by Crippen LogP contribution is 2.19. The van der Waals surface area contributed by atoms with E-state index in [9.17, 15) is 18.0 Å². The van der Waals surface area contributed by atoms with E-state index in [0.29, 0.717) is 22.8 Å². The van der Waals surface area contributed by atoms with Gasteiger partial charge in [0.05, 0.1) is 23.7 Å². The number of halogens is 1. The molecule has 0 aliphatic rings. The van der Waals surface area contributed by atoms with Gasteiger partial charge < -0.3 is 10.1 Å². The molecule has 4 aromatic carbocycles. The number of carbonyl (C=O) groups is 2. The largest absolute Gasteiger partial charge is 0.484 e. The molecule has 4 aromatic rings. The molecule has 2 N–H and O–H groups in total. The van der Waals surface area contributed by atoms with Crippen molar-refractivity contribution in [3.8, 4) is 5.75 Å². The lowest BCUT2D eigenvalue weighted by molar-refractivity contribution is -0.124. The van der Waals surface area contributed by atoms with E-state index < -0.39 is 22.5 Å². The van der Waals surface area contributed by atoms with Gasteiger partial charge in [-0.25, -0.2) is 13.8 Å². The molecule has 0 spiro atoms. The molecule has 0 aliphatic carbocycles. The molecule has 0 unspecified atom stereocenters. The Labute approximate surface area is 262 Å². The Morgan fingerprint density at radius 2 is 1.52 bits per heavy atom. The number of hydrogen-bond acceptors (Lipinski definition) is 6. The first kappa shape index (κ1) is 32.4. The zero-order valence-electron chi connectivity index (χ0n) is 24.1. The second-order valence-electron chi connectivity index (χ2n) is 9.88. The van der Waals surface area contributed by atoms with Gasteiger partial charge in [0.1, 0.15) is 5.75 Å². The fourth-order valence-corrected chi connectivity index (χ4v) is 5.74. The molecular weight excluding hydrogens is 600 g/mol. The van der Waals surface area contributed by atoms with Gasteiger partial charge in [0.2, 0.25) is 10.0 Å². The van der Waals surface area contributed by atoms with Crippen molar-refractivity contribution in [1.82, 2.24) is 15.0 Å². The molecule has 0 heterocycles. The van der Waals surface area contributed by atoms with Crippen molar-refractivity contribution in [2.75, 3.05) is 19.7 Å². The summed E-state index contributed by atoms with van der Waals surface area (Å²) in [6.07, 6.45) is 1.85. The molecule has 0 aromatic heterocycles. The summed E-state index contributed by atoms with van der Waals surface area (Å²) in [6, 6.07) is 31.5. The second kappa shape index (κ2) is 15.8.